The SMILES string of the molecule is C[C@H](O)[C@H](NC(=O)[C@H](CCCCN)NC(=O)[C@H](Cc1ccc(O)cc1)NC(=O)[C@H](CCCCN)NC(=O)[C@H](CCCCN)NC(=O)[C@@H](N)CCCN=C(N)N)C(=O)N[C@@H](CCCN=C(N)N)C(=O)N[C@@H](CCCN=C(N)N)C(=O)N[C@@H](CCCCN)C(N)=O. The Kier molecular flexibility index (Phi) is 40.0. The number of aliphatic imine (C=N–C) groups is 3. The zero-order valence-electron chi connectivity index (χ0n) is 51.3. The summed E-state index contributed by atoms with van der Waals surface area (Å²) in [4.78, 5) is 138. The third-order valence-electron chi connectivity index (χ3n) is 13.9. The second-order valence-electron chi connectivity index (χ2n) is 21.5. The molecule has 34 nitrogen and oxygen atoms in total. The zero-order valence-corrected chi connectivity index (χ0v) is 51.3. The van der Waals surface area contributed by atoms with Crippen LogP contribution in [0.25, 0.3) is 0 Å². The van der Waals surface area contributed by atoms with Crippen molar-refractivity contribution in [1.82, 2.24) is 42.5 Å². The van der Waals surface area contributed by atoms with Crippen molar-refractivity contribution in [2.45, 2.75) is 189 Å². The molecule has 0 fully saturated rings. The number of rotatable bonds is 48. The van der Waals surface area contributed by atoms with Gasteiger partial charge in [-0.15, -0.1) is 0 Å². The molecule has 0 bridgehead atoms. The average Bonchev–Trinajstić information content (AvgIpc) is 3.59. The number of primary amides is 1. The first-order chi connectivity index (χ1) is 42.3. The minimum absolute atomic E-state index is 0.0115. The highest BCUT2D eigenvalue weighted by atomic mass is 16.3. The van der Waals surface area contributed by atoms with Gasteiger partial charge in [-0.25, -0.2) is 0 Å². The Balaban J connectivity index is 3.72. The summed E-state index contributed by atoms with van der Waals surface area (Å²) >= 11 is 0. The fraction of sp³-hybridized carbons (Fsp3) is 0.673. The highest BCUT2D eigenvalue weighted by molar-refractivity contribution is 5.98. The minimum atomic E-state index is -1.80. The maximum atomic E-state index is 14.7. The first-order valence-electron chi connectivity index (χ1n) is 30.2. The molecule has 0 saturated carbocycles. The van der Waals surface area contributed by atoms with Gasteiger partial charge in [-0.2, -0.15) is 0 Å². The van der Waals surface area contributed by atoms with Crippen LogP contribution in [-0.2, 0) is 49.6 Å². The number of hydrogen-bond acceptors (Lipinski definition) is 19. The van der Waals surface area contributed by atoms with Crippen LogP contribution in [0.15, 0.2) is 39.2 Å². The summed E-state index contributed by atoms with van der Waals surface area (Å²) in [5.74, 6) is -8.38. The molecule has 0 spiro atoms. The van der Waals surface area contributed by atoms with E-state index in [0.29, 0.717) is 70.0 Å². The highest BCUT2D eigenvalue weighted by Crippen LogP contribution is 2.15. The van der Waals surface area contributed by atoms with Gasteiger partial charge in [0.25, 0.3) is 0 Å². The molecule has 0 unspecified atom stereocenters. The molecular formula is C55H103N23O11. The standard InChI is InChI=1S/C55H103N23O11/c1-32(79)43(52(89)76-41(19-12-30-70-55(66)67)48(85)74-40(18-11-29-69-54(64)65)46(83)71-36(44(61)81)14-2-6-24-56)78-50(87)39(17-5-9-27-59)75-51(88)42(31-33-20-22-34(80)23-21-33)77-49(86)38(16-4-8-26-58)73-47(84)37(15-3-7-25-57)72-45(82)35(60)13-10-28-68-53(62)63/h20-23,32,35-43,79-80H,2-19,24-31,56-60H2,1H3,(H2,61,81)(H,71,83)(H,72,82)(H,73,84)(H,74,85)(H,75,88)(H,76,89)(H,77,86)(H,78,87)(H4,62,63,68)(H4,64,65,69)(H4,66,67,70)/t32-,35-,36-,37-,38-,39-,40-,41-,42-,43-/m0/s1. The molecule has 9 amide bonds. The summed E-state index contributed by atoms with van der Waals surface area (Å²) in [6.45, 7) is 2.50. The normalized spacial score (nSPS) is 14.4. The molecule has 34 N–H and O–H groups in total. The van der Waals surface area contributed by atoms with Crippen molar-refractivity contribution in [2.24, 2.45) is 83.8 Å². The van der Waals surface area contributed by atoms with Crippen LogP contribution in [0.5, 0.6) is 5.75 Å². The summed E-state index contributed by atoms with van der Waals surface area (Å²) < 4.78 is 0. The number of benzene rings is 1. The molecule has 0 saturated heterocycles. The third-order valence-corrected chi connectivity index (χ3v) is 13.9. The van der Waals surface area contributed by atoms with Crippen LogP contribution in [-0.4, -0.2) is 188 Å². The molecule has 1 rings (SSSR count). The number of unbranched alkanes of at least 4 members (excludes halogenated alkanes) is 4. The van der Waals surface area contributed by atoms with Gasteiger partial charge in [0.2, 0.25) is 53.2 Å². The number of nitrogens with two attached hydrogens (primary N) is 12. The first-order valence-corrected chi connectivity index (χ1v) is 30.2. The summed E-state index contributed by atoms with van der Waals surface area (Å²) in [7, 11) is 0. The number of aliphatic hydroxyl groups is 1. The molecule has 0 aliphatic heterocycles. The maximum Gasteiger partial charge on any atom is 0.245 e. The van der Waals surface area contributed by atoms with Crippen molar-refractivity contribution in [3.05, 3.63) is 29.8 Å². The number of guanidine groups is 3. The quantitative estimate of drug-likeness (QED) is 0.0164. The lowest BCUT2D eigenvalue weighted by atomic mass is 10.0. The molecule has 0 radical (unpaired) electrons. The fourth-order valence-corrected chi connectivity index (χ4v) is 8.90. The molecule has 1 aromatic rings. The molecule has 0 aromatic heterocycles. The van der Waals surface area contributed by atoms with E-state index >= 15 is 0 Å². The Labute approximate surface area is 520 Å². The van der Waals surface area contributed by atoms with E-state index in [0.717, 1.165) is 0 Å². The van der Waals surface area contributed by atoms with Gasteiger partial charge in [-0.3, -0.25) is 58.1 Å². The maximum absolute atomic E-state index is 14.7. The highest BCUT2D eigenvalue weighted by Gasteiger charge is 2.36. The van der Waals surface area contributed by atoms with E-state index in [4.69, 9.17) is 68.8 Å². The lowest BCUT2D eigenvalue weighted by Crippen LogP contribution is -2.62. The number of hydrogen-bond donors (Lipinski definition) is 22. The topological polar surface area (TPSA) is 640 Å². The van der Waals surface area contributed by atoms with Crippen LogP contribution in [0.2, 0.25) is 0 Å². The molecule has 0 heterocycles. The molecule has 10 atom stereocenters. The molecule has 34 heteroatoms. The van der Waals surface area contributed by atoms with Crippen LogP contribution >= 0.6 is 0 Å². The van der Waals surface area contributed by atoms with Gasteiger partial charge in [-0.05, 0) is 166 Å². The van der Waals surface area contributed by atoms with Crippen molar-refractivity contribution < 1.29 is 53.4 Å². The first kappa shape index (κ1) is 78.8. The van der Waals surface area contributed by atoms with Crippen molar-refractivity contribution >= 4 is 71.0 Å². The molecule has 0 aliphatic carbocycles. The summed E-state index contributed by atoms with van der Waals surface area (Å²) in [5, 5.41) is 42.2. The summed E-state index contributed by atoms with van der Waals surface area (Å²) in [6, 6.07) is -6.47. The molecule has 0 aliphatic rings. The minimum Gasteiger partial charge on any atom is -0.508 e. The van der Waals surface area contributed by atoms with Crippen LogP contribution in [0, 0.1) is 0 Å². The Bertz CT molecular complexity index is 2420. The van der Waals surface area contributed by atoms with Crippen LogP contribution in [0.4, 0.5) is 0 Å². The summed E-state index contributed by atoms with van der Waals surface area (Å²) in [5.41, 5.74) is 68.0. The number of carbonyl (C=O) groups excluding carboxylic acids is 9. The van der Waals surface area contributed by atoms with E-state index < -0.39 is 114 Å². The number of amides is 9. The Morgan fingerprint density at radius 2 is 0.685 bits per heavy atom. The predicted octanol–water partition coefficient (Wildman–Crippen LogP) is -7.32. The Morgan fingerprint density at radius 3 is 1.03 bits per heavy atom. The van der Waals surface area contributed by atoms with E-state index in [1.54, 1.807) is 0 Å². The van der Waals surface area contributed by atoms with Gasteiger partial charge in [0.1, 0.15) is 54.1 Å². The number of aliphatic hydroxyl groups excluding tert-OH is 1. The number of phenolic OH excluding ortho intramolecular Hbond substituents is 1. The fourth-order valence-electron chi connectivity index (χ4n) is 8.90. The van der Waals surface area contributed by atoms with Crippen molar-refractivity contribution in [1.29, 1.82) is 0 Å². The molecule has 89 heavy (non-hydrogen) atoms. The number of nitrogens with one attached hydrogen (secondary N) is 8. The predicted molar refractivity (Wildman–Crippen MR) is 337 cm³/mol. The van der Waals surface area contributed by atoms with Gasteiger partial charge < -0.3 is 122 Å². The van der Waals surface area contributed by atoms with Gasteiger partial charge in [0, 0.05) is 26.1 Å². The van der Waals surface area contributed by atoms with Crippen molar-refractivity contribution in [2.75, 3.05) is 45.8 Å². The monoisotopic (exact) mass is 1260 g/mol. The van der Waals surface area contributed by atoms with Crippen molar-refractivity contribution in [3.8, 4) is 5.75 Å². The Hall–Kier alpha value is -8.18. The molecule has 1 aromatic carbocycles. The lowest BCUT2D eigenvalue weighted by Gasteiger charge is -2.29. The zero-order chi connectivity index (χ0) is 66.8. The van der Waals surface area contributed by atoms with E-state index in [9.17, 15) is 53.4 Å². The van der Waals surface area contributed by atoms with Crippen LogP contribution in [0.3, 0.4) is 0 Å². The summed E-state index contributed by atoms with van der Waals surface area (Å²) in [6.07, 6.45) is 2.24. The van der Waals surface area contributed by atoms with Crippen LogP contribution < -0.4 is 111 Å². The Morgan fingerprint density at radius 1 is 0.393 bits per heavy atom. The lowest BCUT2D eigenvalue weighted by molar-refractivity contribution is -0.137. The van der Waals surface area contributed by atoms with Gasteiger partial charge in [-0.1, -0.05) is 12.1 Å². The second kappa shape index (κ2) is 45.1. The van der Waals surface area contributed by atoms with E-state index in [1.807, 2.05) is 0 Å². The van der Waals surface area contributed by atoms with Gasteiger partial charge in [0.05, 0.1) is 12.1 Å². The number of nitrogens with zero attached hydrogens (tertiary/aromatic N) is 3. The molecule has 504 valence electrons. The average molecular weight is 1260 g/mol. The van der Waals surface area contributed by atoms with E-state index in [1.165, 1.54) is 31.2 Å². The van der Waals surface area contributed by atoms with Crippen molar-refractivity contribution in [3.63, 3.8) is 0 Å². The number of phenols is 1. The number of carbonyl (C=O) groups is 9. The molecular weight excluding hydrogens is 1160 g/mol. The third kappa shape index (κ3) is 34.2. The number of aromatic hydroxyl groups is 1. The smallest absolute Gasteiger partial charge is 0.245 e. The van der Waals surface area contributed by atoms with Gasteiger partial charge >= 0.3 is 0 Å². The van der Waals surface area contributed by atoms with E-state index in [-0.39, 0.29) is 127 Å². The largest absolute Gasteiger partial charge is 0.508 e. The van der Waals surface area contributed by atoms with Crippen LogP contribution in [0.1, 0.15) is 128 Å². The second-order valence-corrected chi connectivity index (χ2v) is 21.5. The van der Waals surface area contributed by atoms with E-state index in [2.05, 4.69) is 57.5 Å². The van der Waals surface area contributed by atoms with Gasteiger partial charge in [0.15, 0.2) is 17.9 Å².